The number of hydrogen-bond donors (Lipinski definition) is 1. The summed E-state index contributed by atoms with van der Waals surface area (Å²) in [6.45, 7) is 2.71. The van der Waals surface area contributed by atoms with E-state index in [1.54, 1.807) is 12.1 Å². The summed E-state index contributed by atoms with van der Waals surface area (Å²) in [6, 6.07) is 10.6. The summed E-state index contributed by atoms with van der Waals surface area (Å²) in [4.78, 5) is 0. The van der Waals surface area contributed by atoms with Gasteiger partial charge in [-0.25, -0.2) is 4.39 Å². The average molecular weight is 345 g/mol. The zero-order valence-electron chi connectivity index (χ0n) is 9.41. The fraction of sp³-hybridized carbons (Fsp3) is 0.231. The van der Waals surface area contributed by atoms with Crippen molar-refractivity contribution < 1.29 is 8.81 Å². The smallest absolute Gasteiger partial charge is 0.164 e. The Morgan fingerprint density at radius 1 is 1.24 bits per heavy atom. The van der Waals surface area contributed by atoms with Gasteiger partial charge in [-0.2, -0.15) is 0 Å². The Labute approximate surface area is 113 Å². The third kappa shape index (κ3) is 3.54. The van der Waals surface area contributed by atoms with E-state index in [0.29, 0.717) is 6.54 Å². The molecule has 0 aliphatic carbocycles. The lowest BCUT2D eigenvalue weighted by Crippen LogP contribution is -2.17. The van der Waals surface area contributed by atoms with Gasteiger partial charge in [-0.15, -0.1) is 0 Å². The molecule has 2 rings (SSSR count). The molecule has 0 saturated heterocycles. The zero-order valence-corrected chi connectivity index (χ0v) is 11.6. The van der Waals surface area contributed by atoms with Gasteiger partial charge in [0.05, 0.1) is 6.54 Å². The van der Waals surface area contributed by atoms with Crippen molar-refractivity contribution in [2.45, 2.75) is 19.5 Å². The molecule has 1 N–H and O–H groups in total. The Kier molecular flexibility index (Phi) is 4.17. The van der Waals surface area contributed by atoms with Crippen molar-refractivity contribution in [2.75, 3.05) is 0 Å². The zero-order chi connectivity index (χ0) is 12.3. The molecule has 0 aliphatic heterocycles. The quantitative estimate of drug-likeness (QED) is 0.851. The molecule has 1 heterocycles. The first-order chi connectivity index (χ1) is 8.15. The van der Waals surface area contributed by atoms with E-state index in [1.165, 1.54) is 12.1 Å². The van der Waals surface area contributed by atoms with Crippen LogP contribution in [0.1, 0.15) is 24.3 Å². The summed E-state index contributed by atoms with van der Waals surface area (Å²) in [6.07, 6.45) is 0. The van der Waals surface area contributed by atoms with Crippen molar-refractivity contribution in [1.82, 2.24) is 5.32 Å². The molecule has 2 nitrogen and oxygen atoms in total. The Morgan fingerprint density at radius 2 is 1.94 bits per heavy atom. The highest BCUT2D eigenvalue weighted by molar-refractivity contribution is 14.1. The lowest BCUT2D eigenvalue weighted by atomic mass is 10.1. The van der Waals surface area contributed by atoms with Crippen LogP contribution in [0.2, 0.25) is 0 Å². The summed E-state index contributed by atoms with van der Waals surface area (Å²) < 4.78 is 19.1. The molecule has 1 aromatic carbocycles. The molecule has 0 spiro atoms. The fourth-order valence-corrected chi connectivity index (χ4v) is 2.03. The molecule has 0 radical (unpaired) electrons. The van der Waals surface area contributed by atoms with Gasteiger partial charge < -0.3 is 9.73 Å². The van der Waals surface area contributed by atoms with Gasteiger partial charge in [0, 0.05) is 6.04 Å². The van der Waals surface area contributed by atoms with Gasteiger partial charge >= 0.3 is 0 Å². The third-order valence-corrected chi connectivity index (χ3v) is 3.16. The minimum atomic E-state index is -0.207. The summed E-state index contributed by atoms with van der Waals surface area (Å²) >= 11 is 2.14. The predicted octanol–water partition coefficient (Wildman–Crippen LogP) is 3.87. The van der Waals surface area contributed by atoms with Crippen LogP contribution in [0.25, 0.3) is 0 Å². The van der Waals surface area contributed by atoms with Crippen molar-refractivity contribution in [1.29, 1.82) is 0 Å². The highest BCUT2D eigenvalue weighted by Crippen LogP contribution is 2.15. The van der Waals surface area contributed by atoms with Crippen molar-refractivity contribution in [3.8, 4) is 0 Å². The summed E-state index contributed by atoms with van der Waals surface area (Å²) in [5.41, 5.74) is 1.06. The summed E-state index contributed by atoms with van der Waals surface area (Å²) in [5.74, 6) is 0.699. The van der Waals surface area contributed by atoms with E-state index in [1.807, 2.05) is 19.1 Å². The van der Waals surface area contributed by atoms with Crippen LogP contribution < -0.4 is 5.32 Å². The molecule has 0 amide bonds. The first-order valence-electron chi connectivity index (χ1n) is 5.38. The topological polar surface area (TPSA) is 25.2 Å². The molecular formula is C13H13FINO. The standard InChI is InChI=1S/C13H13FINO/c1-9(10-2-4-11(14)5-3-10)16-8-12-6-7-13(15)17-12/h2-7,9,16H,8H2,1H3/t9-/m1/s1. The van der Waals surface area contributed by atoms with Crippen LogP contribution in [0.3, 0.4) is 0 Å². The minimum absolute atomic E-state index is 0.165. The van der Waals surface area contributed by atoms with Crippen LogP contribution in [-0.4, -0.2) is 0 Å². The van der Waals surface area contributed by atoms with Gasteiger partial charge in [0.1, 0.15) is 11.6 Å². The van der Waals surface area contributed by atoms with E-state index in [2.05, 4.69) is 27.9 Å². The molecule has 0 aliphatic rings. The minimum Gasteiger partial charge on any atom is -0.454 e. The van der Waals surface area contributed by atoms with Crippen molar-refractivity contribution >= 4 is 22.6 Å². The van der Waals surface area contributed by atoms with Crippen molar-refractivity contribution in [3.63, 3.8) is 0 Å². The molecule has 4 heteroatoms. The lowest BCUT2D eigenvalue weighted by Gasteiger charge is -2.13. The van der Waals surface area contributed by atoms with Gasteiger partial charge in [-0.05, 0) is 59.3 Å². The first kappa shape index (κ1) is 12.6. The maximum Gasteiger partial charge on any atom is 0.164 e. The third-order valence-electron chi connectivity index (χ3n) is 2.58. The van der Waals surface area contributed by atoms with E-state index in [9.17, 15) is 4.39 Å². The van der Waals surface area contributed by atoms with E-state index >= 15 is 0 Å². The van der Waals surface area contributed by atoms with Crippen molar-refractivity contribution in [2.24, 2.45) is 0 Å². The second-order valence-electron chi connectivity index (χ2n) is 3.86. The number of nitrogens with one attached hydrogen (secondary N) is 1. The summed E-state index contributed by atoms with van der Waals surface area (Å²) in [7, 11) is 0. The van der Waals surface area contributed by atoms with Gasteiger partial charge in [0.2, 0.25) is 0 Å². The van der Waals surface area contributed by atoms with Crippen LogP contribution in [0.5, 0.6) is 0 Å². The van der Waals surface area contributed by atoms with Gasteiger partial charge in [-0.1, -0.05) is 12.1 Å². The van der Waals surface area contributed by atoms with Gasteiger partial charge in [0.25, 0.3) is 0 Å². The van der Waals surface area contributed by atoms with E-state index in [-0.39, 0.29) is 11.9 Å². The monoisotopic (exact) mass is 345 g/mol. The SMILES string of the molecule is C[C@@H](NCc1ccc(I)o1)c1ccc(F)cc1. The van der Waals surface area contributed by atoms with Gasteiger partial charge in [-0.3, -0.25) is 0 Å². The largest absolute Gasteiger partial charge is 0.454 e. The Bertz CT molecular complexity index is 480. The van der Waals surface area contributed by atoms with E-state index in [0.717, 1.165) is 15.1 Å². The molecule has 17 heavy (non-hydrogen) atoms. The molecule has 0 fully saturated rings. The maximum absolute atomic E-state index is 12.8. The van der Waals surface area contributed by atoms with Crippen LogP contribution >= 0.6 is 22.6 Å². The Hall–Kier alpha value is -0.880. The summed E-state index contributed by atoms with van der Waals surface area (Å²) in [5, 5.41) is 3.33. The van der Waals surface area contributed by atoms with Gasteiger partial charge in [0.15, 0.2) is 3.77 Å². The Balaban J connectivity index is 1.93. The number of hydrogen-bond acceptors (Lipinski definition) is 2. The fourth-order valence-electron chi connectivity index (χ4n) is 1.57. The second-order valence-corrected chi connectivity index (χ2v) is 4.92. The number of rotatable bonds is 4. The highest BCUT2D eigenvalue weighted by Gasteiger charge is 2.06. The van der Waals surface area contributed by atoms with Crippen LogP contribution in [0.4, 0.5) is 4.39 Å². The van der Waals surface area contributed by atoms with Crippen LogP contribution in [0.15, 0.2) is 40.8 Å². The lowest BCUT2D eigenvalue weighted by molar-refractivity contribution is 0.445. The number of benzene rings is 1. The predicted molar refractivity (Wildman–Crippen MR) is 73.1 cm³/mol. The normalized spacial score (nSPS) is 12.6. The van der Waals surface area contributed by atoms with E-state index in [4.69, 9.17) is 4.42 Å². The van der Waals surface area contributed by atoms with Crippen molar-refractivity contribution in [3.05, 3.63) is 57.3 Å². The second kappa shape index (κ2) is 5.64. The molecule has 90 valence electrons. The molecule has 0 saturated carbocycles. The molecule has 1 atom stereocenters. The Morgan fingerprint density at radius 3 is 2.53 bits per heavy atom. The molecular weight excluding hydrogens is 332 g/mol. The highest BCUT2D eigenvalue weighted by atomic mass is 127. The first-order valence-corrected chi connectivity index (χ1v) is 6.46. The van der Waals surface area contributed by atoms with Crippen LogP contribution in [-0.2, 0) is 6.54 Å². The van der Waals surface area contributed by atoms with Crippen LogP contribution in [0, 0.1) is 9.58 Å². The average Bonchev–Trinajstić information content (AvgIpc) is 2.73. The number of furan rings is 1. The van der Waals surface area contributed by atoms with E-state index < -0.39 is 0 Å². The molecule has 0 unspecified atom stereocenters. The number of halogens is 2. The molecule has 2 aromatic rings. The maximum atomic E-state index is 12.8. The molecule has 0 bridgehead atoms. The molecule has 1 aromatic heterocycles.